The number of hydrogen-bond donors (Lipinski definition) is 1. The molecule has 1 aromatic carbocycles. The molecular weight excluding hydrogens is 374 g/mol. The Kier molecular flexibility index (Phi) is 3.78. The standard InChI is InChI=1S/C14H13Br2NS/c15-10-5-6-11(16)12(8-10)17-14(9-3-4-9)13-2-1-7-18-13/h1-2,5-9,14,17H,3-4H2. The van der Waals surface area contributed by atoms with Crippen LogP contribution in [-0.4, -0.2) is 0 Å². The van der Waals surface area contributed by atoms with Crippen LogP contribution in [0.4, 0.5) is 5.69 Å². The first-order valence-corrected chi connectivity index (χ1v) is 8.45. The summed E-state index contributed by atoms with van der Waals surface area (Å²) in [7, 11) is 0. The highest BCUT2D eigenvalue weighted by atomic mass is 79.9. The summed E-state index contributed by atoms with van der Waals surface area (Å²) in [5, 5.41) is 5.84. The van der Waals surface area contributed by atoms with Gasteiger partial charge in [-0.1, -0.05) is 22.0 Å². The minimum Gasteiger partial charge on any atom is -0.376 e. The Morgan fingerprint density at radius 3 is 2.72 bits per heavy atom. The summed E-state index contributed by atoms with van der Waals surface area (Å²) >= 11 is 8.98. The summed E-state index contributed by atoms with van der Waals surface area (Å²) in [6, 6.07) is 11.1. The molecule has 0 radical (unpaired) electrons. The molecule has 0 saturated heterocycles. The van der Waals surface area contributed by atoms with Crippen LogP contribution in [0.1, 0.15) is 23.8 Å². The van der Waals surface area contributed by atoms with Gasteiger partial charge >= 0.3 is 0 Å². The van der Waals surface area contributed by atoms with Crippen molar-refractivity contribution in [3.63, 3.8) is 0 Å². The molecule has 1 saturated carbocycles. The van der Waals surface area contributed by atoms with Crippen LogP contribution in [0.3, 0.4) is 0 Å². The van der Waals surface area contributed by atoms with Crippen LogP contribution in [0.15, 0.2) is 44.7 Å². The maximum Gasteiger partial charge on any atom is 0.0635 e. The number of benzene rings is 1. The summed E-state index contributed by atoms with van der Waals surface area (Å²) in [4.78, 5) is 1.43. The van der Waals surface area contributed by atoms with Gasteiger partial charge in [0.25, 0.3) is 0 Å². The molecule has 18 heavy (non-hydrogen) atoms. The second kappa shape index (κ2) is 5.35. The summed E-state index contributed by atoms with van der Waals surface area (Å²) < 4.78 is 2.22. The van der Waals surface area contributed by atoms with Crippen molar-refractivity contribution < 1.29 is 0 Å². The van der Waals surface area contributed by atoms with Gasteiger partial charge in [-0.05, 0) is 64.3 Å². The topological polar surface area (TPSA) is 12.0 Å². The second-order valence-corrected chi connectivity index (χ2v) is 7.35. The monoisotopic (exact) mass is 385 g/mol. The van der Waals surface area contributed by atoms with Gasteiger partial charge in [-0.15, -0.1) is 11.3 Å². The Bertz CT molecular complexity index is 535. The highest BCUT2D eigenvalue weighted by molar-refractivity contribution is 9.11. The Hall–Kier alpha value is -0.320. The fourth-order valence-electron chi connectivity index (χ4n) is 2.09. The minimum atomic E-state index is 0.454. The SMILES string of the molecule is Brc1ccc(Br)c(NC(c2cccs2)C2CC2)c1. The fourth-order valence-corrected chi connectivity index (χ4v) is 3.69. The summed E-state index contributed by atoms with van der Waals surface area (Å²) in [5.74, 6) is 0.787. The molecule has 1 fully saturated rings. The van der Waals surface area contributed by atoms with E-state index < -0.39 is 0 Å². The lowest BCUT2D eigenvalue weighted by molar-refractivity contribution is 0.690. The zero-order valence-corrected chi connectivity index (χ0v) is 13.7. The number of thiophene rings is 1. The maximum atomic E-state index is 3.69. The molecule has 0 spiro atoms. The second-order valence-electron chi connectivity index (χ2n) is 4.60. The molecule has 94 valence electrons. The van der Waals surface area contributed by atoms with Gasteiger partial charge in [-0.25, -0.2) is 0 Å². The Balaban J connectivity index is 1.86. The van der Waals surface area contributed by atoms with Crippen LogP contribution in [0.2, 0.25) is 0 Å². The smallest absolute Gasteiger partial charge is 0.0635 e. The lowest BCUT2D eigenvalue weighted by atomic mass is 10.1. The average molecular weight is 387 g/mol. The first kappa shape index (κ1) is 12.7. The lowest BCUT2D eigenvalue weighted by Crippen LogP contribution is -2.11. The van der Waals surface area contributed by atoms with Crippen molar-refractivity contribution in [2.45, 2.75) is 18.9 Å². The molecule has 1 N–H and O–H groups in total. The molecule has 0 amide bonds. The molecule has 1 nitrogen and oxygen atoms in total. The molecular formula is C14H13Br2NS. The Morgan fingerprint density at radius 2 is 2.06 bits per heavy atom. The molecule has 1 unspecified atom stereocenters. The zero-order valence-electron chi connectivity index (χ0n) is 9.70. The van der Waals surface area contributed by atoms with Crippen molar-refractivity contribution in [2.75, 3.05) is 5.32 Å². The molecule has 1 aromatic heterocycles. The van der Waals surface area contributed by atoms with E-state index in [0.29, 0.717) is 6.04 Å². The van der Waals surface area contributed by atoms with Crippen molar-refractivity contribution in [3.05, 3.63) is 49.5 Å². The molecule has 3 rings (SSSR count). The number of hydrogen-bond acceptors (Lipinski definition) is 2. The van der Waals surface area contributed by atoms with Crippen LogP contribution in [-0.2, 0) is 0 Å². The van der Waals surface area contributed by atoms with Crippen LogP contribution in [0, 0.1) is 5.92 Å². The van der Waals surface area contributed by atoms with E-state index in [2.05, 4.69) is 66.8 Å². The predicted molar refractivity (Wildman–Crippen MR) is 85.2 cm³/mol. The van der Waals surface area contributed by atoms with E-state index in [4.69, 9.17) is 0 Å². The number of rotatable bonds is 4. The van der Waals surface area contributed by atoms with E-state index in [1.54, 1.807) is 0 Å². The van der Waals surface area contributed by atoms with E-state index in [0.717, 1.165) is 20.6 Å². The zero-order chi connectivity index (χ0) is 12.5. The normalized spacial score (nSPS) is 16.6. The van der Waals surface area contributed by atoms with Gasteiger partial charge < -0.3 is 5.32 Å². The van der Waals surface area contributed by atoms with Crippen LogP contribution in [0.5, 0.6) is 0 Å². The van der Waals surface area contributed by atoms with Crippen molar-refractivity contribution in [3.8, 4) is 0 Å². The molecule has 1 aliphatic rings. The van der Waals surface area contributed by atoms with Crippen molar-refractivity contribution in [1.82, 2.24) is 0 Å². The molecule has 1 atom stereocenters. The van der Waals surface area contributed by atoms with Gasteiger partial charge in [0.15, 0.2) is 0 Å². The van der Waals surface area contributed by atoms with E-state index in [-0.39, 0.29) is 0 Å². The van der Waals surface area contributed by atoms with E-state index in [1.807, 2.05) is 17.4 Å². The maximum absolute atomic E-state index is 3.69. The first-order valence-electron chi connectivity index (χ1n) is 5.99. The molecule has 1 aliphatic carbocycles. The van der Waals surface area contributed by atoms with Gasteiger partial charge in [0.2, 0.25) is 0 Å². The van der Waals surface area contributed by atoms with Gasteiger partial charge in [-0.3, -0.25) is 0 Å². The van der Waals surface area contributed by atoms with E-state index in [9.17, 15) is 0 Å². The van der Waals surface area contributed by atoms with Crippen LogP contribution < -0.4 is 5.32 Å². The number of anilines is 1. The molecule has 1 heterocycles. The molecule has 0 bridgehead atoms. The number of nitrogens with one attached hydrogen (secondary N) is 1. The largest absolute Gasteiger partial charge is 0.376 e. The third-order valence-electron chi connectivity index (χ3n) is 3.18. The highest BCUT2D eigenvalue weighted by Crippen LogP contribution is 2.45. The Morgan fingerprint density at radius 1 is 1.22 bits per heavy atom. The van der Waals surface area contributed by atoms with Crippen LogP contribution in [0.25, 0.3) is 0 Å². The lowest BCUT2D eigenvalue weighted by Gasteiger charge is -2.19. The average Bonchev–Trinajstić information content (AvgIpc) is 3.05. The molecule has 4 heteroatoms. The van der Waals surface area contributed by atoms with Crippen LogP contribution >= 0.6 is 43.2 Å². The van der Waals surface area contributed by atoms with Gasteiger partial charge in [0, 0.05) is 13.8 Å². The summed E-state index contributed by atoms with van der Waals surface area (Å²) in [6.07, 6.45) is 2.67. The predicted octanol–water partition coefficient (Wildman–Crippen LogP) is 5.84. The Labute approximate surface area is 128 Å². The fraction of sp³-hybridized carbons (Fsp3) is 0.286. The minimum absolute atomic E-state index is 0.454. The quantitative estimate of drug-likeness (QED) is 0.696. The van der Waals surface area contributed by atoms with Crippen molar-refractivity contribution in [1.29, 1.82) is 0 Å². The summed E-state index contributed by atoms with van der Waals surface area (Å²) in [5.41, 5.74) is 1.16. The number of halogens is 2. The first-order chi connectivity index (χ1) is 8.74. The van der Waals surface area contributed by atoms with Crippen molar-refractivity contribution in [2.24, 2.45) is 5.92 Å². The molecule has 2 aromatic rings. The van der Waals surface area contributed by atoms with E-state index >= 15 is 0 Å². The van der Waals surface area contributed by atoms with Crippen molar-refractivity contribution >= 4 is 48.9 Å². The van der Waals surface area contributed by atoms with E-state index in [1.165, 1.54) is 17.7 Å². The molecule has 0 aliphatic heterocycles. The third kappa shape index (κ3) is 2.81. The third-order valence-corrected chi connectivity index (χ3v) is 5.32. The van der Waals surface area contributed by atoms with Gasteiger partial charge in [0.05, 0.1) is 11.7 Å². The van der Waals surface area contributed by atoms with Gasteiger partial charge in [-0.2, -0.15) is 0 Å². The summed E-state index contributed by atoms with van der Waals surface area (Å²) in [6.45, 7) is 0. The highest BCUT2D eigenvalue weighted by Gasteiger charge is 2.33. The van der Waals surface area contributed by atoms with Gasteiger partial charge in [0.1, 0.15) is 0 Å².